The van der Waals surface area contributed by atoms with Crippen molar-refractivity contribution in [3.63, 3.8) is 0 Å². The van der Waals surface area contributed by atoms with Gasteiger partial charge in [-0.05, 0) is 73.0 Å². The SMILES string of the molecule is Cc1cc(C)c(C(=O)N2CCC[C@@H]3CN(Cc4ccsc4)CC[C@H]32)[nH]1. The van der Waals surface area contributed by atoms with E-state index in [2.05, 4.69) is 37.7 Å². The van der Waals surface area contributed by atoms with Gasteiger partial charge in [0.25, 0.3) is 5.91 Å². The summed E-state index contributed by atoms with van der Waals surface area (Å²) in [6.45, 7) is 8.21. The lowest BCUT2D eigenvalue weighted by atomic mass is 9.83. The van der Waals surface area contributed by atoms with E-state index in [9.17, 15) is 4.79 Å². The number of thiophene rings is 1. The molecule has 2 fully saturated rings. The first-order chi connectivity index (χ1) is 12.1. The summed E-state index contributed by atoms with van der Waals surface area (Å²) in [4.78, 5) is 21.1. The molecule has 1 amide bonds. The molecule has 2 atom stereocenters. The minimum atomic E-state index is 0.201. The number of aromatic amines is 1. The molecule has 0 radical (unpaired) electrons. The van der Waals surface area contributed by atoms with Crippen LogP contribution < -0.4 is 0 Å². The summed E-state index contributed by atoms with van der Waals surface area (Å²) < 4.78 is 0. The highest BCUT2D eigenvalue weighted by Crippen LogP contribution is 2.32. The number of carbonyl (C=O) groups excluding carboxylic acids is 1. The number of aryl methyl sites for hydroxylation is 2. The molecule has 2 aliphatic rings. The Morgan fingerprint density at radius 3 is 2.92 bits per heavy atom. The number of nitrogens with one attached hydrogen (secondary N) is 1. The molecular formula is C20H27N3OS. The summed E-state index contributed by atoms with van der Waals surface area (Å²) in [6.07, 6.45) is 3.47. The molecule has 0 aromatic carbocycles. The molecule has 2 aromatic heterocycles. The minimum Gasteiger partial charge on any atom is -0.354 e. The van der Waals surface area contributed by atoms with Crippen molar-refractivity contribution in [2.75, 3.05) is 19.6 Å². The van der Waals surface area contributed by atoms with Gasteiger partial charge in [-0.2, -0.15) is 11.3 Å². The zero-order valence-electron chi connectivity index (χ0n) is 15.1. The molecule has 25 heavy (non-hydrogen) atoms. The van der Waals surface area contributed by atoms with Gasteiger partial charge in [0.1, 0.15) is 5.69 Å². The fourth-order valence-corrected chi connectivity index (χ4v) is 5.27. The van der Waals surface area contributed by atoms with Crippen molar-refractivity contribution >= 4 is 17.2 Å². The van der Waals surface area contributed by atoms with Gasteiger partial charge < -0.3 is 9.88 Å². The Morgan fingerprint density at radius 1 is 1.32 bits per heavy atom. The average molecular weight is 358 g/mol. The predicted molar refractivity (Wildman–Crippen MR) is 102 cm³/mol. The molecular weight excluding hydrogens is 330 g/mol. The highest BCUT2D eigenvalue weighted by atomic mass is 32.1. The van der Waals surface area contributed by atoms with Crippen LogP contribution in [0.1, 0.15) is 46.6 Å². The van der Waals surface area contributed by atoms with Crippen molar-refractivity contribution in [1.82, 2.24) is 14.8 Å². The Morgan fingerprint density at radius 2 is 2.20 bits per heavy atom. The maximum Gasteiger partial charge on any atom is 0.270 e. The lowest BCUT2D eigenvalue weighted by molar-refractivity contribution is 0.0180. The van der Waals surface area contributed by atoms with Crippen molar-refractivity contribution < 1.29 is 4.79 Å². The molecule has 4 heterocycles. The highest BCUT2D eigenvalue weighted by Gasteiger charge is 2.38. The molecule has 0 aliphatic carbocycles. The number of hydrogen-bond acceptors (Lipinski definition) is 3. The topological polar surface area (TPSA) is 39.3 Å². The number of hydrogen-bond donors (Lipinski definition) is 1. The minimum absolute atomic E-state index is 0.201. The van der Waals surface area contributed by atoms with Crippen molar-refractivity contribution in [3.8, 4) is 0 Å². The third-order valence-electron chi connectivity index (χ3n) is 5.76. The van der Waals surface area contributed by atoms with Crippen LogP contribution in [0.2, 0.25) is 0 Å². The van der Waals surface area contributed by atoms with Crippen LogP contribution in [0.4, 0.5) is 0 Å². The monoisotopic (exact) mass is 357 g/mol. The summed E-state index contributed by atoms with van der Waals surface area (Å²) in [7, 11) is 0. The molecule has 4 nitrogen and oxygen atoms in total. The van der Waals surface area contributed by atoms with Crippen LogP contribution in [0, 0.1) is 19.8 Å². The first-order valence-corrected chi connectivity index (χ1v) is 10.3. The van der Waals surface area contributed by atoms with E-state index in [1.54, 1.807) is 11.3 Å². The zero-order chi connectivity index (χ0) is 17.4. The van der Waals surface area contributed by atoms with Gasteiger partial charge in [0.15, 0.2) is 0 Å². The van der Waals surface area contributed by atoms with Crippen molar-refractivity contribution in [1.29, 1.82) is 0 Å². The molecule has 5 heteroatoms. The van der Waals surface area contributed by atoms with Crippen LogP contribution in [-0.4, -0.2) is 46.4 Å². The maximum atomic E-state index is 13.1. The Bertz CT molecular complexity index is 736. The fraction of sp³-hybridized carbons (Fsp3) is 0.550. The van der Waals surface area contributed by atoms with E-state index in [0.29, 0.717) is 12.0 Å². The molecule has 2 aromatic rings. The van der Waals surface area contributed by atoms with Crippen LogP contribution in [0.25, 0.3) is 0 Å². The van der Waals surface area contributed by atoms with Crippen LogP contribution in [0.3, 0.4) is 0 Å². The number of H-pyrrole nitrogens is 1. The van der Waals surface area contributed by atoms with Gasteiger partial charge >= 0.3 is 0 Å². The van der Waals surface area contributed by atoms with Gasteiger partial charge in [0, 0.05) is 37.9 Å². The molecule has 4 rings (SSSR count). The summed E-state index contributed by atoms with van der Waals surface area (Å²) in [5, 5.41) is 4.41. The summed E-state index contributed by atoms with van der Waals surface area (Å²) >= 11 is 1.77. The van der Waals surface area contributed by atoms with E-state index in [4.69, 9.17) is 0 Å². The van der Waals surface area contributed by atoms with Gasteiger partial charge in [-0.3, -0.25) is 9.69 Å². The van der Waals surface area contributed by atoms with Crippen LogP contribution in [-0.2, 0) is 6.54 Å². The first-order valence-electron chi connectivity index (χ1n) is 9.32. The number of rotatable bonds is 3. The van der Waals surface area contributed by atoms with Crippen molar-refractivity contribution in [3.05, 3.63) is 45.4 Å². The second-order valence-corrected chi connectivity index (χ2v) is 8.41. The second-order valence-electron chi connectivity index (χ2n) is 7.63. The Kier molecular flexibility index (Phi) is 4.69. The summed E-state index contributed by atoms with van der Waals surface area (Å²) in [5.74, 6) is 0.813. The van der Waals surface area contributed by atoms with Gasteiger partial charge in [0.05, 0.1) is 0 Å². The summed E-state index contributed by atoms with van der Waals surface area (Å²) in [6, 6.07) is 4.70. The number of fused-ring (bicyclic) bond motifs is 1. The highest BCUT2D eigenvalue weighted by molar-refractivity contribution is 7.07. The predicted octanol–water partition coefficient (Wildman–Crippen LogP) is 3.82. The van der Waals surface area contributed by atoms with Crippen LogP contribution >= 0.6 is 11.3 Å². The Hall–Kier alpha value is -1.59. The number of carbonyl (C=O) groups is 1. The van der Waals surface area contributed by atoms with Crippen LogP contribution in [0.15, 0.2) is 22.9 Å². The van der Waals surface area contributed by atoms with Gasteiger partial charge in [-0.1, -0.05) is 0 Å². The Balaban J connectivity index is 1.46. The van der Waals surface area contributed by atoms with E-state index < -0.39 is 0 Å². The molecule has 0 bridgehead atoms. The lowest BCUT2D eigenvalue weighted by Crippen LogP contribution is -2.55. The van der Waals surface area contributed by atoms with E-state index in [0.717, 1.165) is 56.0 Å². The number of aromatic nitrogens is 1. The van der Waals surface area contributed by atoms with Gasteiger partial charge in [-0.15, -0.1) is 0 Å². The molecule has 134 valence electrons. The molecule has 0 unspecified atom stereocenters. The van der Waals surface area contributed by atoms with E-state index in [-0.39, 0.29) is 5.91 Å². The van der Waals surface area contributed by atoms with Crippen LogP contribution in [0.5, 0.6) is 0 Å². The van der Waals surface area contributed by atoms with Crippen molar-refractivity contribution in [2.24, 2.45) is 5.92 Å². The number of nitrogens with zero attached hydrogens (tertiary/aromatic N) is 2. The molecule has 2 aliphatic heterocycles. The molecule has 0 spiro atoms. The molecule has 0 saturated carbocycles. The molecule has 2 saturated heterocycles. The Labute approximate surface area is 153 Å². The first kappa shape index (κ1) is 16.9. The van der Waals surface area contributed by atoms with Gasteiger partial charge in [0.2, 0.25) is 0 Å². The van der Waals surface area contributed by atoms with E-state index >= 15 is 0 Å². The number of likely N-dealkylation sites (tertiary alicyclic amines) is 2. The maximum absolute atomic E-state index is 13.1. The van der Waals surface area contributed by atoms with E-state index in [1.807, 2.05) is 13.8 Å². The smallest absolute Gasteiger partial charge is 0.270 e. The normalized spacial score (nSPS) is 24.3. The van der Waals surface area contributed by atoms with Crippen molar-refractivity contribution in [2.45, 2.75) is 45.7 Å². The standard InChI is InChI=1S/C20H27N3OS/c1-14-10-15(2)21-19(14)20(24)23-7-3-4-17-12-22(8-5-18(17)23)11-16-6-9-25-13-16/h6,9-10,13,17-18,21H,3-5,7-8,11-12H2,1-2H3/t17-,18-/m1/s1. The number of amides is 1. The second kappa shape index (κ2) is 6.96. The van der Waals surface area contributed by atoms with E-state index in [1.165, 1.54) is 12.0 Å². The average Bonchev–Trinajstić information content (AvgIpc) is 3.22. The quantitative estimate of drug-likeness (QED) is 0.907. The fourth-order valence-electron chi connectivity index (χ4n) is 4.61. The number of piperidine rings is 2. The largest absolute Gasteiger partial charge is 0.354 e. The molecule has 1 N–H and O–H groups in total. The third kappa shape index (κ3) is 3.40. The van der Waals surface area contributed by atoms with Gasteiger partial charge in [-0.25, -0.2) is 0 Å². The zero-order valence-corrected chi connectivity index (χ0v) is 15.9. The summed E-state index contributed by atoms with van der Waals surface area (Å²) in [5.41, 5.74) is 4.35. The third-order valence-corrected chi connectivity index (χ3v) is 6.49. The lowest BCUT2D eigenvalue weighted by Gasteiger charge is -2.47.